The molecule has 0 spiro atoms. The van der Waals surface area contributed by atoms with E-state index in [-0.39, 0.29) is 18.3 Å². The zero-order valence-electron chi connectivity index (χ0n) is 21.5. The first kappa shape index (κ1) is 28.2. The first-order valence-corrected chi connectivity index (χ1v) is 14.4. The molecule has 214 valence electrons. The van der Waals surface area contributed by atoms with Crippen LogP contribution < -0.4 is 20.9 Å². The topological polar surface area (TPSA) is 158 Å². The Morgan fingerprint density at radius 2 is 2.00 bits per heavy atom. The van der Waals surface area contributed by atoms with Gasteiger partial charge in [-0.15, -0.1) is 0 Å². The van der Waals surface area contributed by atoms with E-state index in [9.17, 15) is 28.4 Å². The first-order chi connectivity index (χ1) is 19.1. The van der Waals surface area contributed by atoms with Gasteiger partial charge < -0.3 is 19.1 Å². The maximum absolute atomic E-state index is 14.0. The number of aliphatic hydroxyl groups excluding tert-OH is 1. The molecular weight excluding hydrogens is 548 g/mol. The fourth-order valence-corrected chi connectivity index (χ4v) is 5.94. The van der Waals surface area contributed by atoms with Crippen molar-refractivity contribution in [1.29, 1.82) is 0 Å². The number of nitrogens with zero attached hydrogens (tertiary/aromatic N) is 1. The van der Waals surface area contributed by atoms with Crippen LogP contribution in [0.4, 0.5) is 4.39 Å². The van der Waals surface area contributed by atoms with Gasteiger partial charge in [-0.05, 0) is 37.6 Å². The lowest BCUT2D eigenvalue weighted by molar-refractivity contribution is -0.154. The largest absolute Gasteiger partial charge is 0.461 e. The highest BCUT2D eigenvalue weighted by molar-refractivity contribution is 7.52. The summed E-state index contributed by atoms with van der Waals surface area (Å²) < 4.78 is 51.2. The molecule has 2 aromatic carbocycles. The van der Waals surface area contributed by atoms with E-state index < -0.39 is 61.9 Å². The highest BCUT2D eigenvalue weighted by Gasteiger charge is 2.40. The summed E-state index contributed by atoms with van der Waals surface area (Å²) in [5.74, 6) is -1.58. The number of hydrogen-bond acceptors (Lipinski definition) is 9. The van der Waals surface area contributed by atoms with Crippen molar-refractivity contribution in [3.8, 4) is 5.75 Å². The van der Waals surface area contributed by atoms with Crippen molar-refractivity contribution in [2.45, 2.75) is 63.2 Å². The Labute approximate surface area is 227 Å². The second kappa shape index (κ2) is 11.6. The fraction of sp³-hybridized carbons (Fsp3) is 0.423. The van der Waals surface area contributed by atoms with Crippen LogP contribution in [0.25, 0.3) is 10.8 Å². The van der Waals surface area contributed by atoms with E-state index in [0.29, 0.717) is 11.6 Å². The standard InChI is InChI=1S/C26H29FN3O9P/c1-15(25(33)37-17-8-5-9-17)29-40(35,39-21-11-4-7-16-6-2-3-10-18(16)21)36-14-22-20(31)12-23(38-22)30-13-19(27)24(32)28-26(30)34/h2-4,6-7,10-11,13,15,17,20,22-23,31H,5,8-9,12,14H2,1H3,(H,29,35)(H,28,32,34)/t15-,20-,22+,23+,40?/m0/s1. The predicted molar refractivity (Wildman–Crippen MR) is 140 cm³/mol. The lowest BCUT2D eigenvalue weighted by Crippen LogP contribution is -2.39. The molecule has 1 unspecified atom stereocenters. The number of benzene rings is 2. The summed E-state index contributed by atoms with van der Waals surface area (Å²) in [6.07, 6.45) is -0.554. The molecule has 1 saturated heterocycles. The van der Waals surface area contributed by atoms with Gasteiger partial charge in [-0.2, -0.15) is 9.48 Å². The molecule has 40 heavy (non-hydrogen) atoms. The Hall–Kier alpha value is -3.35. The third-order valence-corrected chi connectivity index (χ3v) is 8.49. The summed E-state index contributed by atoms with van der Waals surface area (Å²) in [4.78, 5) is 37.9. The number of halogens is 1. The minimum absolute atomic E-state index is 0.133. The monoisotopic (exact) mass is 577 g/mol. The summed E-state index contributed by atoms with van der Waals surface area (Å²) in [5.41, 5.74) is -2.10. The number of aromatic nitrogens is 2. The number of ether oxygens (including phenoxy) is 2. The number of H-pyrrole nitrogens is 1. The van der Waals surface area contributed by atoms with Gasteiger partial charge in [0.1, 0.15) is 30.2 Å². The van der Waals surface area contributed by atoms with Crippen molar-refractivity contribution >= 4 is 24.5 Å². The number of carbonyl (C=O) groups excluding carboxylic acids is 1. The summed E-state index contributed by atoms with van der Waals surface area (Å²) in [5, 5.41) is 14.6. The van der Waals surface area contributed by atoms with Crippen molar-refractivity contribution in [2.24, 2.45) is 0 Å². The van der Waals surface area contributed by atoms with Crippen molar-refractivity contribution < 1.29 is 37.4 Å². The van der Waals surface area contributed by atoms with Crippen molar-refractivity contribution in [1.82, 2.24) is 14.6 Å². The molecule has 1 saturated carbocycles. The number of aliphatic hydroxyl groups is 1. The van der Waals surface area contributed by atoms with Crippen molar-refractivity contribution in [3.05, 3.63) is 75.3 Å². The number of hydrogen-bond donors (Lipinski definition) is 3. The van der Waals surface area contributed by atoms with Gasteiger partial charge in [0.15, 0.2) is 0 Å². The quantitative estimate of drug-likeness (QED) is 0.242. The van der Waals surface area contributed by atoms with E-state index in [2.05, 4.69) is 5.09 Å². The number of rotatable bonds is 10. The molecule has 0 radical (unpaired) electrons. The van der Waals surface area contributed by atoms with E-state index in [0.717, 1.165) is 29.2 Å². The van der Waals surface area contributed by atoms with Crippen LogP contribution in [0.2, 0.25) is 0 Å². The van der Waals surface area contributed by atoms with E-state index >= 15 is 0 Å². The summed E-state index contributed by atoms with van der Waals surface area (Å²) in [6, 6.07) is 11.4. The number of fused-ring (bicyclic) bond motifs is 1. The van der Waals surface area contributed by atoms with E-state index in [1.807, 2.05) is 23.2 Å². The highest BCUT2D eigenvalue weighted by atomic mass is 31.2. The summed E-state index contributed by atoms with van der Waals surface area (Å²) in [6.45, 7) is 0.995. The molecule has 1 aliphatic carbocycles. The van der Waals surface area contributed by atoms with Gasteiger partial charge in [0.2, 0.25) is 5.82 Å². The maximum Gasteiger partial charge on any atom is 0.459 e. The Morgan fingerprint density at radius 3 is 2.75 bits per heavy atom. The van der Waals surface area contributed by atoms with Gasteiger partial charge >= 0.3 is 19.4 Å². The van der Waals surface area contributed by atoms with Crippen LogP contribution in [0.3, 0.4) is 0 Å². The number of aromatic amines is 1. The van der Waals surface area contributed by atoms with E-state index in [1.165, 1.54) is 6.92 Å². The molecule has 3 aromatic rings. The van der Waals surface area contributed by atoms with Crippen molar-refractivity contribution in [2.75, 3.05) is 6.61 Å². The lowest BCUT2D eigenvalue weighted by atomic mass is 9.96. The van der Waals surface area contributed by atoms with Crippen LogP contribution in [0.15, 0.2) is 58.3 Å². The molecule has 2 aliphatic rings. The minimum Gasteiger partial charge on any atom is -0.461 e. The smallest absolute Gasteiger partial charge is 0.459 e. The maximum atomic E-state index is 14.0. The minimum atomic E-state index is -4.30. The molecule has 3 N–H and O–H groups in total. The predicted octanol–water partition coefficient (Wildman–Crippen LogP) is 2.75. The molecule has 2 heterocycles. The second-order valence-corrected chi connectivity index (χ2v) is 11.5. The zero-order valence-corrected chi connectivity index (χ0v) is 22.4. The molecule has 12 nitrogen and oxygen atoms in total. The van der Waals surface area contributed by atoms with Gasteiger partial charge in [0, 0.05) is 11.8 Å². The van der Waals surface area contributed by atoms with Crippen LogP contribution in [0.5, 0.6) is 5.75 Å². The first-order valence-electron chi connectivity index (χ1n) is 12.9. The third kappa shape index (κ3) is 6.18. The fourth-order valence-electron chi connectivity index (χ4n) is 4.42. The van der Waals surface area contributed by atoms with Gasteiger partial charge in [-0.25, -0.2) is 9.36 Å². The molecule has 0 bridgehead atoms. The average molecular weight is 578 g/mol. The highest BCUT2D eigenvalue weighted by Crippen LogP contribution is 2.47. The van der Waals surface area contributed by atoms with Crippen LogP contribution in [0.1, 0.15) is 38.8 Å². The van der Waals surface area contributed by atoms with Crippen LogP contribution in [0, 0.1) is 5.82 Å². The average Bonchev–Trinajstić information content (AvgIpc) is 3.27. The molecule has 2 fully saturated rings. The Morgan fingerprint density at radius 1 is 1.25 bits per heavy atom. The molecule has 1 aromatic heterocycles. The molecule has 1 aliphatic heterocycles. The summed E-state index contributed by atoms with van der Waals surface area (Å²) in [7, 11) is -4.30. The lowest BCUT2D eigenvalue weighted by Gasteiger charge is -2.28. The van der Waals surface area contributed by atoms with Gasteiger partial charge in [0.05, 0.1) is 18.9 Å². The van der Waals surface area contributed by atoms with Gasteiger partial charge in [-0.1, -0.05) is 36.4 Å². The normalized spacial score (nSPS) is 23.3. The SMILES string of the molecule is C[C@H](NP(=O)(OC[C@H]1O[C@@H](n2cc(F)c(=O)[nH]c2=O)C[C@@H]1O)Oc1cccc2ccccc12)C(=O)OC1CCC1. The van der Waals surface area contributed by atoms with E-state index in [4.69, 9.17) is 18.5 Å². The Kier molecular flexibility index (Phi) is 8.20. The number of nitrogens with one attached hydrogen (secondary N) is 2. The van der Waals surface area contributed by atoms with Crippen LogP contribution in [-0.2, 0) is 23.4 Å². The molecule has 14 heteroatoms. The molecule has 5 atom stereocenters. The van der Waals surface area contributed by atoms with E-state index in [1.54, 1.807) is 24.3 Å². The Balaban J connectivity index is 1.34. The van der Waals surface area contributed by atoms with Crippen LogP contribution >= 0.6 is 7.75 Å². The molecular formula is C26H29FN3O9P. The Bertz CT molecular complexity index is 1550. The van der Waals surface area contributed by atoms with Crippen molar-refractivity contribution in [3.63, 3.8) is 0 Å². The third-order valence-electron chi connectivity index (χ3n) is 6.86. The van der Waals surface area contributed by atoms with Gasteiger partial charge in [0.25, 0.3) is 5.56 Å². The molecule has 5 rings (SSSR count). The summed E-state index contributed by atoms with van der Waals surface area (Å²) >= 11 is 0. The molecule has 0 amide bonds. The number of carbonyl (C=O) groups is 1. The zero-order chi connectivity index (χ0) is 28.4. The number of esters is 1. The van der Waals surface area contributed by atoms with Crippen LogP contribution in [-0.4, -0.2) is 51.6 Å². The van der Waals surface area contributed by atoms with Gasteiger partial charge in [-0.3, -0.25) is 23.7 Å². The second-order valence-electron chi connectivity index (χ2n) is 9.78.